The number of nitrogens with zero attached hydrogens (tertiary/aromatic N) is 1. The molecule has 0 atom stereocenters. The maximum absolute atomic E-state index is 11.8. The fourth-order valence-electron chi connectivity index (χ4n) is 1.94. The monoisotopic (exact) mass is 258 g/mol. The normalized spacial score (nSPS) is 10.4. The number of rotatable bonds is 5. The number of hydrogen-bond donors (Lipinski definition) is 3. The summed E-state index contributed by atoms with van der Waals surface area (Å²) in [6.07, 6.45) is 1.10. The zero-order chi connectivity index (χ0) is 13.7. The highest BCUT2D eigenvalue weighted by molar-refractivity contribution is 5.89. The molecule has 2 aromatic rings. The van der Waals surface area contributed by atoms with Gasteiger partial charge in [0, 0.05) is 24.7 Å². The number of aromatic amines is 1. The van der Waals surface area contributed by atoms with Gasteiger partial charge in [0.1, 0.15) is 0 Å². The van der Waals surface area contributed by atoms with Crippen LogP contribution in [0.3, 0.4) is 0 Å². The van der Waals surface area contributed by atoms with Gasteiger partial charge in [-0.15, -0.1) is 0 Å². The summed E-state index contributed by atoms with van der Waals surface area (Å²) in [5, 5.41) is 9.51. The number of amides is 1. The van der Waals surface area contributed by atoms with Gasteiger partial charge in [-0.2, -0.15) is 5.10 Å². The van der Waals surface area contributed by atoms with Crippen molar-refractivity contribution in [2.75, 3.05) is 5.32 Å². The standard InChI is InChI=1S/C14H18N4O/c1-10-8-13(18-17-10)16-14(19)7-6-11-4-2-3-5-12(11)9-15/h2-5,8H,6-7,9,15H2,1H3,(H2,16,17,18,19). The van der Waals surface area contributed by atoms with Gasteiger partial charge < -0.3 is 11.1 Å². The number of hydrogen-bond acceptors (Lipinski definition) is 3. The molecule has 1 aromatic heterocycles. The van der Waals surface area contributed by atoms with E-state index in [1.54, 1.807) is 6.07 Å². The molecule has 19 heavy (non-hydrogen) atoms. The number of anilines is 1. The highest BCUT2D eigenvalue weighted by Gasteiger charge is 2.07. The quantitative estimate of drug-likeness (QED) is 0.764. The van der Waals surface area contributed by atoms with Crippen LogP contribution in [-0.2, 0) is 17.8 Å². The zero-order valence-electron chi connectivity index (χ0n) is 10.9. The summed E-state index contributed by atoms with van der Waals surface area (Å²) in [4.78, 5) is 11.8. The van der Waals surface area contributed by atoms with Crippen LogP contribution >= 0.6 is 0 Å². The second-order valence-electron chi connectivity index (χ2n) is 4.46. The molecule has 1 heterocycles. The van der Waals surface area contributed by atoms with Crippen LogP contribution in [0, 0.1) is 6.92 Å². The molecule has 0 unspecified atom stereocenters. The van der Waals surface area contributed by atoms with Gasteiger partial charge in [-0.1, -0.05) is 24.3 Å². The lowest BCUT2D eigenvalue weighted by atomic mass is 10.0. The third-order valence-electron chi connectivity index (χ3n) is 2.93. The van der Waals surface area contributed by atoms with Crippen molar-refractivity contribution in [2.45, 2.75) is 26.3 Å². The van der Waals surface area contributed by atoms with Crippen molar-refractivity contribution >= 4 is 11.7 Å². The van der Waals surface area contributed by atoms with Crippen molar-refractivity contribution in [2.24, 2.45) is 5.73 Å². The number of benzene rings is 1. The van der Waals surface area contributed by atoms with Crippen LogP contribution < -0.4 is 11.1 Å². The highest BCUT2D eigenvalue weighted by atomic mass is 16.1. The average molecular weight is 258 g/mol. The van der Waals surface area contributed by atoms with Crippen LogP contribution in [0.1, 0.15) is 23.2 Å². The van der Waals surface area contributed by atoms with E-state index in [4.69, 9.17) is 5.73 Å². The van der Waals surface area contributed by atoms with Crippen molar-refractivity contribution in [1.82, 2.24) is 10.2 Å². The van der Waals surface area contributed by atoms with Gasteiger partial charge in [0.15, 0.2) is 5.82 Å². The third-order valence-corrected chi connectivity index (χ3v) is 2.93. The molecule has 0 spiro atoms. The minimum atomic E-state index is -0.0432. The van der Waals surface area contributed by atoms with Crippen LogP contribution in [-0.4, -0.2) is 16.1 Å². The van der Waals surface area contributed by atoms with Crippen molar-refractivity contribution in [3.63, 3.8) is 0 Å². The van der Waals surface area contributed by atoms with Gasteiger partial charge in [-0.05, 0) is 24.5 Å². The summed E-state index contributed by atoms with van der Waals surface area (Å²) >= 11 is 0. The summed E-state index contributed by atoms with van der Waals surface area (Å²) in [6.45, 7) is 2.39. The van der Waals surface area contributed by atoms with Gasteiger partial charge in [-0.3, -0.25) is 9.89 Å². The van der Waals surface area contributed by atoms with Crippen LogP contribution in [0.15, 0.2) is 30.3 Å². The average Bonchev–Trinajstić information content (AvgIpc) is 2.82. The highest BCUT2D eigenvalue weighted by Crippen LogP contribution is 2.11. The Labute approximate surface area is 112 Å². The number of carbonyl (C=O) groups excluding carboxylic acids is 1. The number of aryl methyl sites for hydroxylation is 2. The summed E-state index contributed by atoms with van der Waals surface area (Å²) in [5.74, 6) is 0.521. The van der Waals surface area contributed by atoms with E-state index < -0.39 is 0 Å². The first-order valence-electron chi connectivity index (χ1n) is 6.27. The van der Waals surface area contributed by atoms with E-state index in [0.29, 0.717) is 25.2 Å². The van der Waals surface area contributed by atoms with Crippen molar-refractivity contribution in [3.8, 4) is 0 Å². The predicted molar refractivity (Wildman–Crippen MR) is 74.6 cm³/mol. The number of nitrogens with two attached hydrogens (primary N) is 1. The maximum atomic E-state index is 11.8. The lowest BCUT2D eigenvalue weighted by Gasteiger charge is -2.07. The Morgan fingerprint density at radius 1 is 1.37 bits per heavy atom. The van der Waals surface area contributed by atoms with Crippen LogP contribution in [0.25, 0.3) is 0 Å². The lowest BCUT2D eigenvalue weighted by Crippen LogP contribution is -2.13. The zero-order valence-corrected chi connectivity index (χ0v) is 10.9. The molecule has 0 aliphatic carbocycles. The summed E-state index contributed by atoms with van der Waals surface area (Å²) < 4.78 is 0. The molecule has 4 N–H and O–H groups in total. The molecule has 2 rings (SSSR count). The van der Waals surface area contributed by atoms with Gasteiger partial charge in [0.05, 0.1) is 0 Å². The second-order valence-corrected chi connectivity index (χ2v) is 4.46. The lowest BCUT2D eigenvalue weighted by molar-refractivity contribution is -0.116. The van der Waals surface area contributed by atoms with E-state index in [0.717, 1.165) is 16.8 Å². The molecular formula is C14H18N4O. The van der Waals surface area contributed by atoms with Crippen molar-refractivity contribution in [1.29, 1.82) is 0 Å². The Kier molecular flexibility index (Phi) is 4.30. The molecule has 0 bridgehead atoms. The molecule has 0 aliphatic heterocycles. The minimum Gasteiger partial charge on any atom is -0.326 e. The first-order chi connectivity index (χ1) is 9.19. The molecular weight excluding hydrogens is 240 g/mol. The van der Waals surface area contributed by atoms with Crippen LogP contribution in [0.2, 0.25) is 0 Å². The predicted octanol–water partition coefficient (Wildman–Crippen LogP) is 1.75. The first kappa shape index (κ1) is 13.3. The number of H-pyrrole nitrogens is 1. The molecule has 1 amide bonds. The molecule has 0 radical (unpaired) electrons. The number of nitrogens with one attached hydrogen (secondary N) is 2. The molecule has 0 fully saturated rings. The Bertz CT molecular complexity index is 562. The maximum Gasteiger partial charge on any atom is 0.225 e. The number of carbonyl (C=O) groups is 1. The molecule has 100 valence electrons. The Morgan fingerprint density at radius 2 is 2.11 bits per heavy atom. The van der Waals surface area contributed by atoms with E-state index >= 15 is 0 Å². The van der Waals surface area contributed by atoms with E-state index in [9.17, 15) is 4.79 Å². The van der Waals surface area contributed by atoms with E-state index in [1.807, 2.05) is 31.2 Å². The van der Waals surface area contributed by atoms with E-state index in [2.05, 4.69) is 15.5 Å². The largest absolute Gasteiger partial charge is 0.326 e. The van der Waals surface area contributed by atoms with Gasteiger partial charge >= 0.3 is 0 Å². The molecule has 0 saturated carbocycles. The molecule has 5 heteroatoms. The summed E-state index contributed by atoms with van der Waals surface area (Å²) in [6, 6.07) is 9.71. The Morgan fingerprint density at radius 3 is 2.74 bits per heavy atom. The second kappa shape index (κ2) is 6.15. The topological polar surface area (TPSA) is 83.8 Å². The minimum absolute atomic E-state index is 0.0432. The first-order valence-corrected chi connectivity index (χ1v) is 6.27. The van der Waals surface area contributed by atoms with Crippen LogP contribution in [0.5, 0.6) is 0 Å². The van der Waals surface area contributed by atoms with Crippen molar-refractivity contribution in [3.05, 3.63) is 47.2 Å². The fourth-order valence-corrected chi connectivity index (χ4v) is 1.94. The van der Waals surface area contributed by atoms with Crippen molar-refractivity contribution < 1.29 is 4.79 Å². The molecule has 0 saturated heterocycles. The molecule has 1 aromatic carbocycles. The SMILES string of the molecule is Cc1cc(NC(=O)CCc2ccccc2CN)n[nH]1. The fraction of sp³-hybridized carbons (Fsp3) is 0.286. The van der Waals surface area contributed by atoms with Crippen LogP contribution in [0.4, 0.5) is 5.82 Å². The Hall–Kier alpha value is -2.14. The molecule has 5 nitrogen and oxygen atoms in total. The smallest absolute Gasteiger partial charge is 0.225 e. The van der Waals surface area contributed by atoms with Gasteiger partial charge in [0.2, 0.25) is 5.91 Å². The Balaban J connectivity index is 1.89. The summed E-state index contributed by atoms with van der Waals surface area (Å²) in [5.41, 5.74) is 8.80. The van der Waals surface area contributed by atoms with E-state index in [1.165, 1.54) is 0 Å². The molecule has 0 aliphatic rings. The number of aromatic nitrogens is 2. The summed E-state index contributed by atoms with van der Waals surface area (Å²) in [7, 11) is 0. The third kappa shape index (κ3) is 3.66. The van der Waals surface area contributed by atoms with Gasteiger partial charge in [0.25, 0.3) is 0 Å². The van der Waals surface area contributed by atoms with Gasteiger partial charge in [-0.25, -0.2) is 0 Å². The van der Waals surface area contributed by atoms with E-state index in [-0.39, 0.29) is 5.91 Å².